The van der Waals surface area contributed by atoms with Gasteiger partial charge in [-0.1, -0.05) is 0 Å². The van der Waals surface area contributed by atoms with Crippen molar-refractivity contribution in [1.82, 2.24) is 0 Å². The highest BCUT2D eigenvalue weighted by molar-refractivity contribution is 7.99. The molecule has 0 radical (unpaired) electrons. The van der Waals surface area contributed by atoms with Crippen LogP contribution in [-0.2, 0) is 13.6 Å². The third-order valence-electron chi connectivity index (χ3n) is 2.89. The zero-order valence-electron chi connectivity index (χ0n) is 13.1. The number of benzene rings is 1. The molecule has 0 aliphatic carbocycles. The molecule has 0 unspecified atom stereocenters. The Morgan fingerprint density at radius 2 is 1.73 bits per heavy atom. The van der Waals surface area contributed by atoms with Crippen molar-refractivity contribution in [3.8, 4) is 0 Å². The molecule has 0 saturated carbocycles. The molecule has 7 heteroatoms. The summed E-state index contributed by atoms with van der Waals surface area (Å²) in [5, 5.41) is 0. The van der Waals surface area contributed by atoms with Crippen LogP contribution in [0.4, 0.5) is 0 Å². The van der Waals surface area contributed by atoms with Crippen molar-refractivity contribution in [2.24, 2.45) is 5.73 Å². The van der Waals surface area contributed by atoms with Gasteiger partial charge in [0.25, 0.3) is 0 Å². The van der Waals surface area contributed by atoms with Crippen LogP contribution >= 0.6 is 19.4 Å². The maximum atomic E-state index is 12.3. The van der Waals surface area contributed by atoms with Gasteiger partial charge in [-0.25, -0.2) is 0 Å². The van der Waals surface area contributed by atoms with E-state index in [0.717, 1.165) is 23.5 Å². The molecule has 0 saturated heterocycles. The van der Waals surface area contributed by atoms with Crippen LogP contribution in [0, 0.1) is 0 Å². The third kappa shape index (κ3) is 6.97. The number of rotatable bonds is 11. The zero-order chi connectivity index (χ0) is 16.4. The fourth-order valence-electron chi connectivity index (χ4n) is 1.87. The summed E-state index contributed by atoms with van der Waals surface area (Å²) in [6.45, 7) is 4.44. The molecule has 0 atom stereocenters. The lowest BCUT2D eigenvalue weighted by Crippen LogP contribution is -2.10. The van der Waals surface area contributed by atoms with E-state index in [9.17, 15) is 9.36 Å². The summed E-state index contributed by atoms with van der Waals surface area (Å²) < 4.78 is 22.8. The molecular weight excluding hydrogens is 321 g/mol. The molecule has 1 aromatic carbocycles. The van der Waals surface area contributed by atoms with E-state index in [1.165, 1.54) is 0 Å². The molecule has 22 heavy (non-hydrogen) atoms. The van der Waals surface area contributed by atoms with Crippen molar-refractivity contribution >= 4 is 25.3 Å². The van der Waals surface area contributed by atoms with E-state index in [1.54, 1.807) is 23.9 Å². The fraction of sp³-hybridized carbons (Fsp3) is 0.533. The highest BCUT2D eigenvalue weighted by Gasteiger charge is 2.22. The summed E-state index contributed by atoms with van der Waals surface area (Å²) in [6.07, 6.45) is 2.17. The molecule has 0 aliphatic heterocycles. The third-order valence-corrected chi connectivity index (χ3v) is 6.15. The monoisotopic (exact) mass is 345 g/mol. The van der Waals surface area contributed by atoms with E-state index in [1.807, 2.05) is 26.0 Å². The standard InChI is InChI=1S/C15H24NO4PS/c1-3-19-21(18,20-4-2)11-5-6-12-22-14-9-7-13(8-10-14)15(16)17/h7-10H,3-6,11-12H2,1-2H3,(H2,16,17). The molecular formula is C15H24NO4PS. The molecule has 0 spiro atoms. The summed E-state index contributed by atoms with van der Waals surface area (Å²) in [5.41, 5.74) is 5.71. The second kappa shape index (κ2) is 10.1. The molecule has 1 aromatic rings. The molecule has 0 aromatic heterocycles. The van der Waals surface area contributed by atoms with Crippen LogP contribution in [0.15, 0.2) is 29.2 Å². The van der Waals surface area contributed by atoms with Gasteiger partial charge in [0.2, 0.25) is 5.91 Å². The van der Waals surface area contributed by atoms with Crippen molar-refractivity contribution in [3.63, 3.8) is 0 Å². The first-order chi connectivity index (χ1) is 10.5. The Balaban J connectivity index is 2.29. The van der Waals surface area contributed by atoms with Gasteiger partial charge in [0, 0.05) is 10.5 Å². The molecule has 5 nitrogen and oxygen atoms in total. The molecule has 0 fully saturated rings. The van der Waals surface area contributed by atoms with E-state index in [-0.39, 0.29) is 0 Å². The van der Waals surface area contributed by atoms with Gasteiger partial charge in [0.15, 0.2) is 0 Å². The number of carbonyl (C=O) groups excluding carboxylic acids is 1. The fourth-order valence-corrected chi connectivity index (χ4v) is 4.52. The SMILES string of the molecule is CCOP(=O)(CCCCSc1ccc(C(N)=O)cc1)OCC. The number of hydrogen-bond donors (Lipinski definition) is 1. The quantitative estimate of drug-likeness (QED) is 0.373. The first kappa shape index (κ1) is 19.2. The largest absolute Gasteiger partial charge is 0.366 e. The second-order valence-corrected chi connectivity index (χ2v) is 7.97. The van der Waals surface area contributed by atoms with Gasteiger partial charge in [-0.15, -0.1) is 11.8 Å². The minimum atomic E-state index is -2.91. The number of nitrogens with two attached hydrogens (primary N) is 1. The minimum Gasteiger partial charge on any atom is -0.366 e. The Kier molecular flexibility index (Phi) is 8.79. The lowest BCUT2D eigenvalue weighted by atomic mass is 10.2. The van der Waals surface area contributed by atoms with Gasteiger partial charge in [0.1, 0.15) is 0 Å². The van der Waals surface area contributed by atoms with Crippen molar-refractivity contribution < 1.29 is 18.4 Å². The van der Waals surface area contributed by atoms with Crippen molar-refractivity contribution in [2.75, 3.05) is 25.1 Å². The molecule has 2 N–H and O–H groups in total. The van der Waals surface area contributed by atoms with Crippen LogP contribution in [0.1, 0.15) is 37.0 Å². The van der Waals surface area contributed by atoms with Crippen LogP contribution in [0.25, 0.3) is 0 Å². The van der Waals surface area contributed by atoms with Crippen molar-refractivity contribution in [1.29, 1.82) is 0 Å². The van der Waals surface area contributed by atoms with Gasteiger partial charge >= 0.3 is 7.60 Å². The van der Waals surface area contributed by atoms with Gasteiger partial charge < -0.3 is 14.8 Å². The molecule has 0 heterocycles. The second-order valence-electron chi connectivity index (χ2n) is 4.61. The Bertz CT molecular complexity index is 497. The number of thioether (sulfide) groups is 1. The van der Waals surface area contributed by atoms with E-state index in [0.29, 0.717) is 24.9 Å². The van der Waals surface area contributed by atoms with Gasteiger partial charge in [-0.2, -0.15) is 0 Å². The first-order valence-electron chi connectivity index (χ1n) is 7.41. The summed E-state index contributed by atoms with van der Waals surface area (Å²) in [6, 6.07) is 7.22. The average molecular weight is 345 g/mol. The highest BCUT2D eigenvalue weighted by Crippen LogP contribution is 2.48. The minimum absolute atomic E-state index is 0.401. The average Bonchev–Trinajstić information content (AvgIpc) is 2.48. The topological polar surface area (TPSA) is 78.6 Å². The van der Waals surface area contributed by atoms with E-state index < -0.39 is 13.5 Å². The molecule has 1 amide bonds. The first-order valence-corrected chi connectivity index (χ1v) is 10.1. The Morgan fingerprint density at radius 3 is 2.23 bits per heavy atom. The Labute approximate surface area is 136 Å². The lowest BCUT2D eigenvalue weighted by molar-refractivity contribution is 0.1000. The lowest BCUT2D eigenvalue weighted by Gasteiger charge is -2.16. The molecule has 124 valence electrons. The van der Waals surface area contributed by atoms with E-state index in [4.69, 9.17) is 14.8 Å². The summed E-state index contributed by atoms with van der Waals surface area (Å²) >= 11 is 1.69. The predicted octanol–water partition coefficient (Wildman–Crippen LogP) is 3.92. The summed E-state index contributed by atoms with van der Waals surface area (Å²) in [4.78, 5) is 12.1. The number of amides is 1. The van der Waals surface area contributed by atoms with Crippen molar-refractivity contribution in [3.05, 3.63) is 29.8 Å². The highest BCUT2D eigenvalue weighted by atomic mass is 32.2. The van der Waals surface area contributed by atoms with Gasteiger partial charge in [-0.05, 0) is 56.7 Å². The van der Waals surface area contributed by atoms with Crippen LogP contribution in [0.5, 0.6) is 0 Å². The van der Waals surface area contributed by atoms with Crippen LogP contribution in [0.3, 0.4) is 0 Å². The van der Waals surface area contributed by atoms with Crippen LogP contribution in [-0.4, -0.2) is 31.0 Å². The smallest absolute Gasteiger partial charge is 0.330 e. The number of carbonyl (C=O) groups is 1. The molecule has 1 rings (SSSR count). The zero-order valence-corrected chi connectivity index (χ0v) is 14.8. The number of unbranched alkanes of at least 4 members (excludes halogenated alkanes) is 1. The summed E-state index contributed by atoms with van der Waals surface area (Å²) in [5.74, 6) is 0.493. The van der Waals surface area contributed by atoms with Crippen molar-refractivity contribution in [2.45, 2.75) is 31.6 Å². The number of hydrogen-bond acceptors (Lipinski definition) is 5. The Morgan fingerprint density at radius 1 is 1.14 bits per heavy atom. The van der Waals surface area contributed by atoms with Crippen LogP contribution < -0.4 is 5.73 Å². The van der Waals surface area contributed by atoms with E-state index in [2.05, 4.69) is 0 Å². The predicted molar refractivity (Wildman–Crippen MR) is 90.6 cm³/mol. The molecule has 0 aliphatic rings. The van der Waals surface area contributed by atoms with Gasteiger partial charge in [0.05, 0.1) is 19.4 Å². The normalized spacial score (nSPS) is 11.5. The molecule has 0 bridgehead atoms. The Hall–Kier alpha value is -0.810. The van der Waals surface area contributed by atoms with E-state index >= 15 is 0 Å². The number of primary amides is 1. The van der Waals surface area contributed by atoms with Crippen LogP contribution in [0.2, 0.25) is 0 Å². The summed E-state index contributed by atoms with van der Waals surface area (Å²) in [7, 11) is -2.91. The van der Waals surface area contributed by atoms with Gasteiger partial charge in [-0.3, -0.25) is 9.36 Å². The maximum absolute atomic E-state index is 12.3. The maximum Gasteiger partial charge on any atom is 0.330 e.